The summed E-state index contributed by atoms with van der Waals surface area (Å²) in [6, 6.07) is 14.2. The van der Waals surface area contributed by atoms with Crippen LogP contribution < -0.4 is 15.4 Å². The standard InChI is InChI=1S/C24H30N2O4/c1-4-17(3)26-24(29)20-8-6-7-18(15-20)16-25-23(28)14-13-22(27)19-9-11-21(12-10-19)30-5-2/h6-12,15,17H,4-5,13-14,16H2,1-3H3,(H,25,28)(H,26,29). The van der Waals surface area contributed by atoms with Crippen molar-refractivity contribution >= 4 is 17.6 Å². The molecule has 2 aromatic carbocycles. The Labute approximate surface area is 178 Å². The fraction of sp³-hybridized carbons (Fsp3) is 0.375. The van der Waals surface area contributed by atoms with Crippen LogP contribution in [0.3, 0.4) is 0 Å². The van der Waals surface area contributed by atoms with Gasteiger partial charge in [0.25, 0.3) is 5.91 Å². The number of ether oxygens (including phenoxy) is 1. The summed E-state index contributed by atoms with van der Waals surface area (Å²) in [5, 5.41) is 5.73. The van der Waals surface area contributed by atoms with Crippen LogP contribution in [0.2, 0.25) is 0 Å². The lowest BCUT2D eigenvalue weighted by molar-refractivity contribution is -0.121. The third-order valence-corrected chi connectivity index (χ3v) is 4.74. The van der Waals surface area contributed by atoms with Crippen LogP contribution in [0.25, 0.3) is 0 Å². The molecule has 1 atom stereocenters. The Kier molecular flexibility index (Phi) is 9.06. The molecule has 2 aromatic rings. The lowest BCUT2D eigenvalue weighted by Gasteiger charge is -2.12. The molecule has 0 fully saturated rings. The number of carbonyl (C=O) groups excluding carboxylic acids is 3. The van der Waals surface area contributed by atoms with Crippen LogP contribution in [0.1, 0.15) is 66.3 Å². The molecule has 30 heavy (non-hydrogen) atoms. The molecule has 0 radical (unpaired) electrons. The zero-order chi connectivity index (χ0) is 21.9. The van der Waals surface area contributed by atoms with Gasteiger partial charge in [-0.05, 0) is 62.2 Å². The maximum atomic E-state index is 12.3. The van der Waals surface area contributed by atoms with Crippen molar-refractivity contribution in [3.63, 3.8) is 0 Å². The van der Waals surface area contributed by atoms with E-state index >= 15 is 0 Å². The number of benzene rings is 2. The average Bonchev–Trinajstić information content (AvgIpc) is 2.76. The van der Waals surface area contributed by atoms with Gasteiger partial charge < -0.3 is 15.4 Å². The van der Waals surface area contributed by atoms with Crippen LogP contribution in [-0.2, 0) is 11.3 Å². The van der Waals surface area contributed by atoms with Crippen LogP contribution in [0.5, 0.6) is 5.75 Å². The molecule has 0 aliphatic heterocycles. The molecule has 0 aliphatic carbocycles. The number of Topliss-reactive ketones (excluding diaryl/α,β-unsaturated/α-hetero) is 1. The second kappa shape index (κ2) is 11.8. The Hall–Kier alpha value is -3.15. The van der Waals surface area contributed by atoms with Gasteiger partial charge in [-0.25, -0.2) is 0 Å². The molecular formula is C24H30N2O4. The molecule has 2 amide bonds. The average molecular weight is 411 g/mol. The summed E-state index contributed by atoms with van der Waals surface area (Å²) in [5.41, 5.74) is 1.96. The summed E-state index contributed by atoms with van der Waals surface area (Å²) in [7, 11) is 0. The van der Waals surface area contributed by atoms with Crippen LogP contribution >= 0.6 is 0 Å². The largest absolute Gasteiger partial charge is 0.494 e. The molecule has 1 unspecified atom stereocenters. The lowest BCUT2D eigenvalue weighted by Crippen LogP contribution is -2.32. The maximum Gasteiger partial charge on any atom is 0.251 e. The smallest absolute Gasteiger partial charge is 0.251 e. The van der Waals surface area contributed by atoms with Crippen molar-refractivity contribution in [1.82, 2.24) is 10.6 Å². The van der Waals surface area contributed by atoms with E-state index < -0.39 is 0 Å². The highest BCUT2D eigenvalue weighted by Gasteiger charge is 2.11. The molecule has 0 heterocycles. The molecule has 6 nitrogen and oxygen atoms in total. The highest BCUT2D eigenvalue weighted by Crippen LogP contribution is 2.14. The molecule has 2 rings (SSSR count). The van der Waals surface area contributed by atoms with Crippen molar-refractivity contribution in [3.8, 4) is 5.75 Å². The van der Waals surface area contributed by atoms with E-state index in [1.54, 1.807) is 42.5 Å². The fourth-order valence-corrected chi connectivity index (χ4v) is 2.80. The molecule has 0 aromatic heterocycles. The predicted octanol–water partition coefficient (Wildman–Crippen LogP) is 3.89. The first-order chi connectivity index (χ1) is 14.4. The Morgan fingerprint density at radius 2 is 1.70 bits per heavy atom. The molecule has 0 spiro atoms. The minimum absolute atomic E-state index is 0.0862. The number of hydrogen-bond donors (Lipinski definition) is 2. The summed E-state index contributed by atoms with van der Waals surface area (Å²) < 4.78 is 5.36. The SMILES string of the molecule is CCOc1ccc(C(=O)CCC(=O)NCc2cccc(C(=O)NC(C)CC)c2)cc1. The number of rotatable bonds is 11. The molecule has 2 N–H and O–H groups in total. The summed E-state index contributed by atoms with van der Waals surface area (Å²) in [6.45, 7) is 6.74. The van der Waals surface area contributed by atoms with E-state index in [-0.39, 0.29) is 36.5 Å². The maximum absolute atomic E-state index is 12.3. The van der Waals surface area contributed by atoms with Crippen molar-refractivity contribution in [2.24, 2.45) is 0 Å². The van der Waals surface area contributed by atoms with E-state index in [9.17, 15) is 14.4 Å². The number of carbonyl (C=O) groups is 3. The van der Waals surface area contributed by atoms with Crippen LogP contribution in [0.4, 0.5) is 0 Å². The summed E-state index contributed by atoms with van der Waals surface area (Å²) >= 11 is 0. The van der Waals surface area contributed by atoms with Gasteiger partial charge in [-0.3, -0.25) is 14.4 Å². The van der Waals surface area contributed by atoms with Gasteiger partial charge in [-0.1, -0.05) is 19.1 Å². The first-order valence-corrected chi connectivity index (χ1v) is 10.4. The first-order valence-electron chi connectivity index (χ1n) is 10.4. The van der Waals surface area contributed by atoms with Gasteiger partial charge in [-0.15, -0.1) is 0 Å². The lowest BCUT2D eigenvalue weighted by atomic mass is 10.1. The quantitative estimate of drug-likeness (QED) is 0.551. The van der Waals surface area contributed by atoms with Crippen molar-refractivity contribution in [1.29, 1.82) is 0 Å². The summed E-state index contributed by atoms with van der Waals surface area (Å²) in [4.78, 5) is 36.6. The Balaban J connectivity index is 1.81. The third-order valence-electron chi connectivity index (χ3n) is 4.74. The minimum Gasteiger partial charge on any atom is -0.494 e. The monoisotopic (exact) mass is 410 g/mol. The highest BCUT2D eigenvalue weighted by atomic mass is 16.5. The van der Waals surface area contributed by atoms with Gasteiger partial charge in [0, 0.05) is 36.6 Å². The molecule has 6 heteroatoms. The summed E-state index contributed by atoms with van der Waals surface area (Å²) in [6.07, 6.45) is 1.11. The normalized spacial score (nSPS) is 11.4. The minimum atomic E-state index is -0.205. The van der Waals surface area contributed by atoms with Crippen molar-refractivity contribution in [2.75, 3.05) is 6.61 Å². The van der Waals surface area contributed by atoms with Gasteiger partial charge in [-0.2, -0.15) is 0 Å². The van der Waals surface area contributed by atoms with E-state index in [1.165, 1.54) is 0 Å². The van der Waals surface area contributed by atoms with E-state index in [4.69, 9.17) is 4.74 Å². The fourth-order valence-electron chi connectivity index (χ4n) is 2.80. The second-order valence-electron chi connectivity index (χ2n) is 7.14. The Bertz CT molecular complexity index is 862. The van der Waals surface area contributed by atoms with Crippen molar-refractivity contribution < 1.29 is 19.1 Å². The van der Waals surface area contributed by atoms with E-state index in [2.05, 4.69) is 10.6 Å². The number of ketones is 1. The molecular weight excluding hydrogens is 380 g/mol. The molecule has 160 valence electrons. The molecule has 0 aliphatic rings. The van der Waals surface area contributed by atoms with Gasteiger partial charge in [0.2, 0.25) is 5.91 Å². The Morgan fingerprint density at radius 3 is 2.37 bits per heavy atom. The summed E-state index contributed by atoms with van der Waals surface area (Å²) in [5.74, 6) is 0.297. The first kappa shape index (κ1) is 23.1. The van der Waals surface area contributed by atoms with Crippen molar-refractivity contribution in [2.45, 2.75) is 52.6 Å². The number of nitrogens with one attached hydrogen (secondary N) is 2. The third kappa shape index (κ3) is 7.35. The zero-order valence-electron chi connectivity index (χ0n) is 17.9. The van der Waals surface area contributed by atoms with E-state index in [1.807, 2.05) is 26.8 Å². The Morgan fingerprint density at radius 1 is 0.967 bits per heavy atom. The van der Waals surface area contributed by atoms with E-state index in [0.717, 1.165) is 12.0 Å². The van der Waals surface area contributed by atoms with E-state index in [0.29, 0.717) is 30.0 Å². The van der Waals surface area contributed by atoms with Crippen LogP contribution in [-0.4, -0.2) is 30.2 Å². The zero-order valence-corrected chi connectivity index (χ0v) is 17.9. The predicted molar refractivity (Wildman–Crippen MR) is 117 cm³/mol. The van der Waals surface area contributed by atoms with Crippen LogP contribution in [0.15, 0.2) is 48.5 Å². The molecule has 0 saturated heterocycles. The molecule has 0 saturated carbocycles. The highest BCUT2D eigenvalue weighted by molar-refractivity contribution is 5.98. The van der Waals surface area contributed by atoms with Gasteiger partial charge in [0.1, 0.15) is 5.75 Å². The number of amides is 2. The second-order valence-corrected chi connectivity index (χ2v) is 7.14. The van der Waals surface area contributed by atoms with Crippen molar-refractivity contribution in [3.05, 3.63) is 65.2 Å². The number of hydrogen-bond acceptors (Lipinski definition) is 4. The molecule has 0 bridgehead atoms. The van der Waals surface area contributed by atoms with Crippen LogP contribution in [0, 0.1) is 0 Å². The van der Waals surface area contributed by atoms with Gasteiger partial charge >= 0.3 is 0 Å². The van der Waals surface area contributed by atoms with Gasteiger partial charge in [0.05, 0.1) is 6.61 Å². The van der Waals surface area contributed by atoms with Gasteiger partial charge in [0.15, 0.2) is 5.78 Å². The topological polar surface area (TPSA) is 84.5 Å².